The van der Waals surface area contributed by atoms with E-state index in [4.69, 9.17) is 4.55 Å². The highest BCUT2D eigenvalue weighted by molar-refractivity contribution is 9.10. The quantitative estimate of drug-likeness (QED) is 0.622. The first kappa shape index (κ1) is 12.5. The summed E-state index contributed by atoms with van der Waals surface area (Å²) < 4.78 is 31.2. The van der Waals surface area contributed by atoms with Crippen LogP contribution >= 0.6 is 15.9 Å². The summed E-state index contributed by atoms with van der Waals surface area (Å²) >= 11 is 3.35. The maximum absolute atomic E-state index is 12.1. The summed E-state index contributed by atoms with van der Waals surface area (Å²) in [7, 11) is -4.05. The number of hydrogen-bond acceptors (Lipinski definition) is 3. The van der Waals surface area contributed by atoms with Crippen LogP contribution in [0, 0.1) is 16.7 Å². The Morgan fingerprint density at radius 1 is 1.50 bits per heavy atom. The van der Waals surface area contributed by atoms with Gasteiger partial charge in [-0.25, -0.2) is 0 Å². The molecule has 2 aliphatic rings. The number of fused-ring (bicyclic) bond motifs is 2. The van der Waals surface area contributed by atoms with E-state index in [2.05, 4.69) is 15.9 Å². The van der Waals surface area contributed by atoms with Crippen molar-refractivity contribution in [3.63, 3.8) is 0 Å². The summed E-state index contributed by atoms with van der Waals surface area (Å²) in [5.41, 5.74) is -1.27. The zero-order valence-corrected chi connectivity index (χ0v) is 11.6. The first-order valence-corrected chi connectivity index (χ1v) is 7.78. The fourth-order valence-electron chi connectivity index (χ4n) is 3.46. The van der Waals surface area contributed by atoms with Crippen molar-refractivity contribution in [2.45, 2.75) is 31.5 Å². The minimum Gasteiger partial charge on any atom is -0.298 e. The lowest BCUT2D eigenvalue weighted by Crippen LogP contribution is -2.40. The lowest BCUT2D eigenvalue weighted by molar-refractivity contribution is -0.127. The normalized spacial score (nSPS) is 47.6. The number of alkyl halides is 1. The monoisotopic (exact) mass is 310 g/mol. The molecule has 0 amide bonds. The van der Waals surface area contributed by atoms with Gasteiger partial charge in [0.15, 0.2) is 5.78 Å². The van der Waals surface area contributed by atoms with Gasteiger partial charge in [-0.1, -0.05) is 29.8 Å². The third kappa shape index (κ3) is 1.42. The van der Waals surface area contributed by atoms with E-state index in [1.807, 2.05) is 6.92 Å². The number of rotatable bonds is 2. The van der Waals surface area contributed by atoms with Crippen molar-refractivity contribution in [1.29, 1.82) is 0 Å². The Balaban J connectivity index is 2.47. The highest BCUT2D eigenvalue weighted by Crippen LogP contribution is 2.65. The third-order valence-electron chi connectivity index (χ3n) is 4.66. The van der Waals surface area contributed by atoms with Gasteiger partial charge in [0.2, 0.25) is 0 Å². The van der Waals surface area contributed by atoms with Gasteiger partial charge in [0.1, 0.15) is 0 Å². The van der Waals surface area contributed by atoms with Crippen LogP contribution in [-0.4, -0.2) is 29.3 Å². The van der Waals surface area contributed by atoms with E-state index in [1.165, 1.54) is 0 Å². The average molecular weight is 311 g/mol. The van der Waals surface area contributed by atoms with Gasteiger partial charge in [0.05, 0.1) is 10.6 Å². The molecule has 2 rings (SSSR count). The second kappa shape index (κ2) is 3.29. The van der Waals surface area contributed by atoms with Gasteiger partial charge in [0.25, 0.3) is 10.1 Å². The van der Waals surface area contributed by atoms with Crippen LogP contribution in [0.2, 0.25) is 0 Å². The molecule has 0 heterocycles. The van der Waals surface area contributed by atoms with Crippen LogP contribution in [0.15, 0.2) is 0 Å². The van der Waals surface area contributed by atoms with Gasteiger partial charge < -0.3 is 0 Å². The number of Topliss-reactive ketones (excluding diaryl/α,β-unsaturated/α-hetero) is 1. The van der Waals surface area contributed by atoms with Gasteiger partial charge in [-0.3, -0.25) is 9.35 Å². The van der Waals surface area contributed by atoms with Gasteiger partial charge in [0, 0.05) is 10.8 Å². The maximum atomic E-state index is 12.1. The second-order valence-electron chi connectivity index (χ2n) is 5.39. The van der Waals surface area contributed by atoms with Crippen molar-refractivity contribution < 1.29 is 17.8 Å². The molecule has 1 N–H and O–H groups in total. The predicted molar refractivity (Wildman–Crippen MR) is 63.1 cm³/mol. The summed E-state index contributed by atoms with van der Waals surface area (Å²) in [5.74, 6) is -0.239. The molecule has 0 saturated heterocycles. The molecular weight excluding hydrogens is 296 g/mol. The number of ketones is 1. The lowest BCUT2D eigenvalue weighted by Gasteiger charge is -2.35. The van der Waals surface area contributed by atoms with Crippen molar-refractivity contribution in [2.75, 3.05) is 5.75 Å². The molecule has 2 fully saturated rings. The van der Waals surface area contributed by atoms with Crippen molar-refractivity contribution in [3.05, 3.63) is 0 Å². The van der Waals surface area contributed by atoms with E-state index in [-0.39, 0.29) is 22.3 Å². The second-order valence-corrected chi connectivity index (χ2v) is 7.83. The predicted octanol–water partition coefficient (Wildman–Crippen LogP) is 1.64. The Kier molecular flexibility index (Phi) is 2.58. The first-order valence-electron chi connectivity index (χ1n) is 5.25. The molecule has 6 heteroatoms. The Morgan fingerprint density at radius 2 is 2.06 bits per heavy atom. The molecule has 2 bridgehead atoms. The smallest absolute Gasteiger partial charge is 0.265 e. The Bertz CT molecular complexity index is 446. The Labute approximate surface area is 104 Å². The third-order valence-corrected chi connectivity index (χ3v) is 6.68. The summed E-state index contributed by atoms with van der Waals surface area (Å²) in [6.45, 7) is 3.62. The number of carbonyl (C=O) groups excluding carboxylic acids is 1. The zero-order chi connectivity index (χ0) is 12.4. The van der Waals surface area contributed by atoms with E-state index in [0.717, 1.165) is 6.42 Å². The topological polar surface area (TPSA) is 71.4 Å². The van der Waals surface area contributed by atoms with Gasteiger partial charge in [-0.15, -0.1) is 0 Å². The SMILES string of the molecule is C[C@]12CC[C@H]([C@@H](Br)C1=O)[C@@]2(C)CS(=O)(=O)O. The zero-order valence-electron chi connectivity index (χ0n) is 9.23. The average Bonchev–Trinajstić information content (AvgIpc) is 2.40. The molecule has 92 valence electrons. The van der Waals surface area contributed by atoms with Crippen LogP contribution in [0.4, 0.5) is 0 Å². The minimum absolute atomic E-state index is 0.00641. The van der Waals surface area contributed by atoms with E-state index in [1.54, 1.807) is 6.92 Å². The lowest BCUT2D eigenvalue weighted by atomic mass is 9.70. The number of carbonyl (C=O) groups is 1. The molecule has 0 aliphatic heterocycles. The molecule has 0 radical (unpaired) electrons. The van der Waals surface area contributed by atoms with Gasteiger partial charge in [-0.05, 0) is 18.8 Å². The van der Waals surface area contributed by atoms with Gasteiger partial charge in [-0.2, -0.15) is 8.42 Å². The van der Waals surface area contributed by atoms with E-state index in [0.29, 0.717) is 6.42 Å². The molecule has 0 spiro atoms. The molecule has 2 saturated carbocycles. The summed E-state index contributed by atoms with van der Waals surface area (Å²) in [6, 6.07) is 0. The molecule has 0 aromatic rings. The van der Waals surface area contributed by atoms with E-state index in [9.17, 15) is 13.2 Å². The Hall–Kier alpha value is 0.0600. The summed E-state index contributed by atoms with van der Waals surface area (Å²) in [4.78, 5) is 11.8. The van der Waals surface area contributed by atoms with Crippen LogP contribution in [0.25, 0.3) is 0 Å². The highest BCUT2D eigenvalue weighted by atomic mass is 79.9. The first-order chi connectivity index (χ1) is 7.12. The molecule has 0 aromatic heterocycles. The number of halogens is 1. The summed E-state index contributed by atoms with van der Waals surface area (Å²) in [6.07, 6.45) is 1.55. The van der Waals surface area contributed by atoms with E-state index >= 15 is 0 Å². The van der Waals surface area contributed by atoms with Gasteiger partial charge >= 0.3 is 0 Å². The van der Waals surface area contributed by atoms with Crippen molar-refractivity contribution in [1.82, 2.24) is 0 Å². The van der Waals surface area contributed by atoms with Crippen LogP contribution < -0.4 is 0 Å². The molecule has 4 nitrogen and oxygen atoms in total. The van der Waals surface area contributed by atoms with Crippen molar-refractivity contribution >= 4 is 31.8 Å². The number of hydrogen-bond donors (Lipinski definition) is 1. The van der Waals surface area contributed by atoms with Crippen LogP contribution in [0.1, 0.15) is 26.7 Å². The van der Waals surface area contributed by atoms with Crippen molar-refractivity contribution in [3.8, 4) is 0 Å². The molecule has 16 heavy (non-hydrogen) atoms. The largest absolute Gasteiger partial charge is 0.298 e. The van der Waals surface area contributed by atoms with Crippen LogP contribution in [-0.2, 0) is 14.9 Å². The standard InChI is InChI=1S/C10H15BrO4S/c1-9-4-3-6(7(11)8(9)12)10(9,2)5-16(13,14)15/h6-7H,3-5H2,1-2H3,(H,13,14,15)/t6-,7-,9+,10-/m1/s1. The minimum atomic E-state index is -4.05. The van der Waals surface area contributed by atoms with Crippen LogP contribution in [0.5, 0.6) is 0 Å². The van der Waals surface area contributed by atoms with E-state index < -0.39 is 20.9 Å². The Morgan fingerprint density at radius 3 is 2.44 bits per heavy atom. The molecule has 2 aliphatic carbocycles. The van der Waals surface area contributed by atoms with Crippen LogP contribution in [0.3, 0.4) is 0 Å². The summed E-state index contributed by atoms with van der Waals surface area (Å²) in [5, 5.41) is 0. The molecule has 4 atom stereocenters. The maximum Gasteiger partial charge on any atom is 0.265 e. The molecule has 0 aromatic carbocycles. The molecular formula is C10H15BrO4S. The molecule has 0 unspecified atom stereocenters. The fraction of sp³-hybridized carbons (Fsp3) is 0.900. The highest BCUT2D eigenvalue weighted by Gasteiger charge is 2.68. The van der Waals surface area contributed by atoms with Crippen molar-refractivity contribution in [2.24, 2.45) is 16.7 Å². The fourth-order valence-corrected chi connectivity index (χ4v) is 6.11.